The highest BCUT2D eigenvalue weighted by Gasteiger charge is 2.43. The van der Waals surface area contributed by atoms with E-state index >= 15 is 0 Å². The number of hydrogen-bond acceptors (Lipinski definition) is 4. The maximum atomic E-state index is 12.5. The van der Waals surface area contributed by atoms with Crippen LogP contribution >= 0.6 is 11.6 Å². The molecule has 1 atom stereocenters. The van der Waals surface area contributed by atoms with Gasteiger partial charge in [-0.2, -0.15) is 4.31 Å². The zero-order chi connectivity index (χ0) is 14.4. The van der Waals surface area contributed by atoms with E-state index in [1.807, 2.05) is 0 Å². The van der Waals surface area contributed by atoms with Crippen LogP contribution in [0.15, 0.2) is 11.2 Å². The molecule has 8 heteroatoms. The fraction of sp³-hybridized carbons (Fsp3) is 0.727. The van der Waals surface area contributed by atoms with Crippen molar-refractivity contribution in [2.45, 2.75) is 43.4 Å². The molecular formula is C11H18ClN3O3S. The minimum Gasteiger partial charge on any atom is -0.389 e. The lowest BCUT2D eigenvalue weighted by molar-refractivity contribution is 0.0214. The third kappa shape index (κ3) is 2.65. The van der Waals surface area contributed by atoms with Crippen molar-refractivity contribution in [3.63, 3.8) is 0 Å². The molecule has 0 aromatic carbocycles. The molecule has 1 aliphatic rings. The third-order valence-electron chi connectivity index (χ3n) is 3.39. The maximum absolute atomic E-state index is 12.5. The molecule has 0 radical (unpaired) electrons. The van der Waals surface area contributed by atoms with Crippen molar-refractivity contribution in [3.05, 3.63) is 11.5 Å². The van der Waals surface area contributed by atoms with Gasteiger partial charge in [0.15, 0.2) is 5.03 Å². The van der Waals surface area contributed by atoms with Gasteiger partial charge in [0.25, 0.3) is 10.0 Å². The first-order valence-corrected chi connectivity index (χ1v) is 7.89. The zero-order valence-electron chi connectivity index (χ0n) is 11.2. The van der Waals surface area contributed by atoms with E-state index in [2.05, 4.69) is 4.98 Å². The largest absolute Gasteiger partial charge is 0.389 e. The third-order valence-corrected chi connectivity index (χ3v) is 5.52. The molecule has 1 aliphatic heterocycles. The fourth-order valence-electron chi connectivity index (χ4n) is 2.40. The van der Waals surface area contributed by atoms with E-state index in [1.54, 1.807) is 20.9 Å². The van der Waals surface area contributed by atoms with Crippen LogP contribution in [0.1, 0.15) is 26.7 Å². The Morgan fingerprint density at radius 1 is 1.53 bits per heavy atom. The lowest BCUT2D eigenvalue weighted by Gasteiger charge is -2.32. The molecule has 1 fully saturated rings. The minimum atomic E-state index is -3.72. The van der Waals surface area contributed by atoms with Crippen LogP contribution in [-0.2, 0) is 17.1 Å². The standard InChI is InChI=1S/C11H18ClN3O3S/c1-11(2,16)8-5-4-6-15(8)19(17,18)9-7-14(3)10(12)13-9/h7-8,16H,4-6H2,1-3H3. The molecule has 1 aromatic heterocycles. The van der Waals surface area contributed by atoms with Gasteiger partial charge >= 0.3 is 0 Å². The van der Waals surface area contributed by atoms with E-state index in [1.165, 1.54) is 15.1 Å². The Balaban J connectivity index is 2.39. The van der Waals surface area contributed by atoms with Gasteiger partial charge in [0.1, 0.15) is 0 Å². The van der Waals surface area contributed by atoms with Crippen molar-refractivity contribution < 1.29 is 13.5 Å². The van der Waals surface area contributed by atoms with Gasteiger partial charge < -0.3 is 9.67 Å². The Labute approximate surface area is 118 Å². The molecular weight excluding hydrogens is 290 g/mol. The van der Waals surface area contributed by atoms with Crippen LogP contribution in [-0.4, -0.2) is 45.6 Å². The fourth-order valence-corrected chi connectivity index (χ4v) is 4.39. The van der Waals surface area contributed by atoms with Crippen LogP contribution in [0, 0.1) is 0 Å². The molecule has 0 bridgehead atoms. The van der Waals surface area contributed by atoms with Crippen molar-refractivity contribution in [3.8, 4) is 0 Å². The highest BCUT2D eigenvalue weighted by Crippen LogP contribution is 2.31. The Hall–Kier alpha value is -0.630. The number of imidazole rings is 1. The molecule has 1 saturated heterocycles. The highest BCUT2D eigenvalue weighted by molar-refractivity contribution is 7.89. The van der Waals surface area contributed by atoms with Crippen LogP contribution in [0.3, 0.4) is 0 Å². The molecule has 19 heavy (non-hydrogen) atoms. The predicted molar refractivity (Wildman–Crippen MR) is 71.4 cm³/mol. The molecule has 1 unspecified atom stereocenters. The summed E-state index contributed by atoms with van der Waals surface area (Å²) in [7, 11) is -2.08. The van der Waals surface area contributed by atoms with Crippen molar-refractivity contribution in [1.82, 2.24) is 13.9 Å². The van der Waals surface area contributed by atoms with E-state index in [0.29, 0.717) is 13.0 Å². The zero-order valence-corrected chi connectivity index (χ0v) is 12.7. The Morgan fingerprint density at radius 2 is 2.16 bits per heavy atom. The van der Waals surface area contributed by atoms with Crippen LogP contribution in [0.4, 0.5) is 0 Å². The lowest BCUT2D eigenvalue weighted by atomic mass is 9.98. The Morgan fingerprint density at radius 3 is 2.63 bits per heavy atom. The first kappa shape index (κ1) is 14.8. The number of rotatable bonds is 3. The Kier molecular flexibility index (Phi) is 3.68. The van der Waals surface area contributed by atoms with Gasteiger partial charge in [-0.15, -0.1) is 0 Å². The van der Waals surface area contributed by atoms with E-state index < -0.39 is 21.7 Å². The SMILES string of the molecule is Cn1cc(S(=O)(=O)N2CCCC2C(C)(C)O)nc1Cl. The summed E-state index contributed by atoms with van der Waals surface area (Å²) in [5.74, 6) is 0. The summed E-state index contributed by atoms with van der Waals surface area (Å²) in [4.78, 5) is 3.86. The quantitative estimate of drug-likeness (QED) is 0.904. The van der Waals surface area contributed by atoms with Crippen molar-refractivity contribution >= 4 is 21.6 Å². The number of aliphatic hydroxyl groups is 1. The summed E-state index contributed by atoms with van der Waals surface area (Å²) in [6.07, 6.45) is 2.76. The summed E-state index contributed by atoms with van der Waals surface area (Å²) in [6.45, 7) is 3.64. The van der Waals surface area contributed by atoms with E-state index in [4.69, 9.17) is 11.6 Å². The summed E-state index contributed by atoms with van der Waals surface area (Å²) >= 11 is 5.79. The topological polar surface area (TPSA) is 75.4 Å². The van der Waals surface area contributed by atoms with E-state index in [9.17, 15) is 13.5 Å². The molecule has 1 N–H and O–H groups in total. The molecule has 108 valence electrons. The van der Waals surface area contributed by atoms with Crippen LogP contribution in [0.5, 0.6) is 0 Å². The second-order valence-electron chi connectivity index (χ2n) is 5.39. The lowest BCUT2D eigenvalue weighted by Crippen LogP contribution is -2.48. The molecule has 0 amide bonds. The first-order chi connectivity index (χ1) is 8.64. The molecule has 1 aromatic rings. The first-order valence-electron chi connectivity index (χ1n) is 6.07. The highest BCUT2D eigenvalue weighted by atomic mass is 35.5. The van der Waals surface area contributed by atoms with Crippen molar-refractivity contribution in [1.29, 1.82) is 0 Å². The molecule has 0 saturated carbocycles. The van der Waals surface area contributed by atoms with E-state index in [0.717, 1.165) is 6.42 Å². The summed E-state index contributed by atoms with van der Waals surface area (Å²) in [5.41, 5.74) is -1.08. The average molecular weight is 308 g/mol. The maximum Gasteiger partial charge on any atom is 0.262 e. The van der Waals surface area contributed by atoms with Gasteiger partial charge in [-0.1, -0.05) is 0 Å². The summed E-state index contributed by atoms with van der Waals surface area (Å²) in [6, 6.07) is -0.432. The van der Waals surface area contributed by atoms with Crippen molar-refractivity contribution in [2.75, 3.05) is 6.54 Å². The molecule has 2 heterocycles. The number of aromatic nitrogens is 2. The van der Waals surface area contributed by atoms with Gasteiger partial charge in [-0.25, -0.2) is 13.4 Å². The Bertz CT molecular complexity index is 557. The number of sulfonamides is 1. The average Bonchev–Trinajstić information content (AvgIpc) is 2.86. The van der Waals surface area contributed by atoms with Crippen molar-refractivity contribution in [2.24, 2.45) is 7.05 Å². The number of hydrogen-bond donors (Lipinski definition) is 1. The minimum absolute atomic E-state index is 0.0730. The monoisotopic (exact) mass is 307 g/mol. The second-order valence-corrected chi connectivity index (χ2v) is 7.56. The van der Waals surface area contributed by atoms with Gasteiger partial charge in [-0.3, -0.25) is 0 Å². The van der Waals surface area contributed by atoms with Gasteiger partial charge in [0.05, 0.1) is 11.6 Å². The van der Waals surface area contributed by atoms with Gasteiger partial charge in [-0.05, 0) is 38.3 Å². The molecule has 2 rings (SSSR count). The number of aryl methyl sites for hydroxylation is 1. The normalized spacial score (nSPS) is 22.1. The molecule has 6 nitrogen and oxygen atoms in total. The summed E-state index contributed by atoms with van der Waals surface area (Å²) in [5, 5.41) is 10.1. The number of nitrogens with zero attached hydrogens (tertiary/aromatic N) is 3. The van der Waals surface area contributed by atoms with Crippen LogP contribution < -0.4 is 0 Å². The smallest absolute Gasteiger partial charge is 0.262 e. The number of halogens is 1. The van der Waals surface area contributed by atoms with Crippen LogP contribution in [0.25, 0.3) is 0 Å². The summed E-state index contributed by atoms with van der Waals surface area (Å²) < 4.78 is 27.8. The molecule has 0 aliphatic carbocycles. The predicted octanol–water partition coefficient (Wildman–Crippen LogP) is 0.997. The van der Waals surface area contributed by atoms with Gasteiger partial charge in [0.2, 0.25) is 5.28 Å². The van der Waals surface area contributed by atoms with Crippen LogP contribution in [0.2, 0.25) is 5.28 Å². The van der Waals surface area contributed by atoms with E-state index in [-0.39, 0.29) is 10.3 Å². The molecule has 0 spiro atoms. The van der Waals surface area contributed by atoms with Gasteiger partial charge in [0, 0.05) is 19.8 Å². The second kappa shape index (κ2) is 4.73.